The van der Waals surface area contributed by atoms with Gasteiger partial charge in [0.15, 0.2) is 5.69 Å². The number of carbonyl (C=O) groups excluding carboxylic acids is 5. The molecule has 4 amide bonds. The summed E-state index contributed by atoms with van der Waals surface area (Å²) in [4.78, 5) is 64.9. The Hall–Kier alpha value is -4.55. The van der Waals surface area contributed by atoms with Crippen molar-refractivity contribution >= 4 is 29.6 Å². The molecule has 0 saturated heterocycles. The summed E-state index contributed by atoms with van der Waals surface area (Å²) >= 11 is 0. The third-order valence-corrected chi connectivity index (χ3v) is 6.41. The van der Waals surface area contributed by atoms with Gasteiger partial charge in [-0.05, 0) is 50.3 Å². The standard InChI is InChI=1S/C30H40FN5O7/c1-6-42-27(38)14-12-22(11-13-26(32)37)33-29(40)25(17-20-7-9-21(31)10-8-20)36(5)30(41)24(15-18(2)3)34-28(39)23-16-19(4)43-35-23/h7-10,12,14,16,18,22,24-25H,6,11,13,15,17H2,1-5H3,(H2,32,37)(H,33,40)(H,34,39)/b14-12+/t22-,24-,25-/m0/s1. The van der Waals surface area contributed by atoms with E-state index in [1.807, 2.05) is 13.8 Å². The SMILES string of the molecule is CCOC(=O)/C=C/[C@H](CCC(N)=O)NC(=O)[C@H](Cc1ccc(F)cc1)N(C)C(=O)[C@H](CC(C)C)NC(=O)c1cc(C)on1. The third-order valence-electron chi connectivity index (χ3n) is 6.41. The van der Waals surface area contributed by atoms with Gasteiger partial charge in [-0.25, -0.2) is 9.18 Å². The van der Waals surface area contributed by atoms with E-state index < -0.39 is 53.5 Å². The molecule has 0 radical (unpaired) electrons. The quantitative estimate of drug-likeness (QED) is 0.194. The van der Waals surface area contributed by atoms with Gasteiger partial charge in [-0.2, -0.15) is 0 Å². The van der Waals surface area contributed by atoms with E-state index in [0.717, 1.165) is 6.08 Å². The molecule has 0 spiro atoms. The third kappa shape index (κ3) is 11.7. The number of nitrogens with zero attached hydrogens (tertiary/aromatic N) is 2. The van der Waals surface area contributed by atoms with Gasteiger partial charge in [-0.1, -0.05) is 37.2 Å². The van der Waals surface area contributed by atoms with E-state index in [2.05, 4.69) is 15.8 Å². The topological polar surface area (TPSA) is 174 Å². The maximum atomic E-state index is 13.8. The van der Waals surface area contributed by atoms with Crippen molar-refractivity contribution < 1.29 is 37.6 Å². The Morgan fingerprint density at radius 1 is 1.14 bits per heavy atom. The highest BCUT2D eigenvalue weighted by Crippen LogP contribution is 2.16. The first-order valence-electron chi connectivity index (χ1n) is 14.0. The van der Waals surface area contributed by atoms with Crippen LogP contribution in [0.2, 0.25) is 0 Å². The lowest BCUT2D eigenvalue weighted by atomic mass is 9.99. The van der Waals surface area contributed by atoms with Crippen molar-refractivity contribution in [1.29, 1.82) is 0 Å². The molecule has 1 aromatic carbocycles. The molecule has 0 unspecified atom stereocenters. The first kappa shape index (κ1) is 34.7. The minimum atomic E-state index is -1.12. The Bertz CT molecular complexity index is 1290. The number of esters is 1. The zero-order chi connectivity index (χ0) is 32.1. The Morgan fingerprint density at radius 3 is 2.37 bits per heavy atom. The molecule has 0 aliphatic rings. The van der Waals surface area contributed by atoms with Crippen LogP contribution in [0.5, 0.6) is 0 Å². The highest BCUT2D eigenvalue weighted by molar-refractivity contribution is 5.97. The lowest BCUT2D eigenvalue weighted by Crippen LogP contribution is -2.56. The number of hydrogen-bond acceptors (Lipinski definition) is 8. The van der Waals surface area contributed by atoms with E-state index in [1.165, 1.54) is 48.4 Å². The van der Waals surface area contributed by atoms with Crippen LogP contribution in [0.15, 0.2) is 47.0 Å². The summed E-state index contributed by atoms with van der Waals surface area (Å²) in [7, 11) is 1.43. The number of carbonyl (C=O) groups is 5. The number of rotatable bonds is 16. The second-order valence-corrected chi connectivity index (χ2v) is 10.5. The molecule has 0 aliphatic heterocycles. The molecule has 4 N–H and O–H groups in total. The van der Waals surface area contributed by atoms with Crippen LogP contribution in [0.1, 0.15) is 61.8 Å². The van der Waals surface area contributed by atoms with Gasteiger partial charge in [-0.3, -0.25) is 19.2 Å². The average Bonchev–Trinajstić information content (AvgIpc) is 3.39. The maximum Gasteiger partial charge on any atom is 0.330 e. The molecule has 0 aliphatic carbocycles. The van der Waals surface area contributed by atoms with Gasteiger partial charge in [-0.15, -0.1) is 0 Å². The summed E-state index contributed by atoms with van der Waals surface area (Å²) < 4.78 is 23.5. The summed E-state index contributed by atoms with van der Waals surface area (Å²) in [5.74, 6) is -3.04. The summed E-state index contributed by atoms with van der Waals surface area (Å²) in [6, 6.07) is 4.00. The Balaban J connectivity index is 2.38. The van der Waals surface area contributed by atoms with Crippen LogP contribution in [-0.2, 0) is 30.3 Å². The highest BCUT2D eigenvalue weighted by Gasteiger charge is 2.34. The number of nitrogens with two attached hydrogens (primary N) is 1. The summed E-state index contributed by atoms with van der Waals surface area (Å²) in [5, 5.41) is 9.16. The summed E-state index contributed by atoms with van der Waals surface area (Å²) in [5.41, 5.74) is 5.87. The maximum absolute atomic E-state index is 13.8. The smallest absolute Gasteiger partial charge is 0.330 e. The number of amides is 4. The molecule has 3 atom stereocenters. The van der Waals surface area contributed by atoms with Crippen LogP contribution in [0.3, 0.4) is 0 Å². The van der Waals surface area contributed by atoms with Crippen LogP contribution in [-0.4, -0.2) is 71.4 Å². The fraction of sp³-hybridized carbons (Fsp3) is 0.467. The molecule has 0 saturated carbocycles. The van der Waals surface area contributed by atoms with Gasteiger partial charge >= 0.3 is 5.97 Å². The van der Waals surface area contributed by atoms with Crippen molar-refractivity contribution in [2.24, 2.45) is 11.7 Å². The van der Waals surface area contributed by atoms with Crippen molar-refractivity contribution in [3.63, 3.8) is 0 Å². The molecule has 0 fully saturated rings. The van der Waals surface area contributed by atoms with Gasteiger partial charge in [0.2, 0.25) is 17.7 Å². The molecular formula is C30H40FN5O7. The van der Waals surface area contributed by atoms with Gasteiger partial charge in [0, 0.05) is 38.1 Å². The fourth-order valence-corrected chi connectivity index (χ4v) is 4.23. The normalized spacial score (nSPS) is 13.3. The van der Waals surface area contributed by atoms with Crippen molar-refractivity contribution in [2.45, 2.75) is 71.5 Å². The average molecular weight is 602 g/mol. The van der Waals surface area contributed by atoms with Gasteiger partial charge < -0.3 is 30.5 Å². The van der Waals surface area contributed by atoms with E-state index >= 15 is 0 Å². The highest BCUT2D eigenvalue weighted by atomic mass is 19.1. The fourth-order valence-electron chi connectivity index (χ4n) is 4.23. The Labute approximate surface area is 250 Å². The predicted octanol–water partition coefficient (Wildman–Crippen LogP) is 2.21. The van der Waals surface area contributed by atoms with Crippen molar-refractivity contribution in [1.82, 2.24) is 20.7 Å². The Morgan fingerprint density at radius 2 is 1.81 bits per heavy atom. The van der Waals surface area contributed by atoms with Crippen molar-refractivity contribution in [3.8, 4) is 0 Å². The van der Waals surface area contributed by atoms with E-state index in [9.17, 15) is 28.4 Å². The second kappa shape index (κ2) is 16.8. The molecule has 0 bridgehead atoms. The largest absolute Gasteiger partial charge is 0.463 e. The molecule has 13 heteroatoms. The van der Waals surface area contributed by atoms with Crippen LogP contribution in [0, 0.1) is 18.7 Å². The first-order valence-corrected chi connectivity index (χ1v) is 14.0. The zero-order valence-corrected chi connectivity index (χ0v) is 25.1. The monoisotopic (exact) mass is 601 g/mol. The number of aryl methyl sites for hydroxylation is 1. The van der Waals surface area contributed by atoms with Crippen LogP contribution in [0.4, 0.5) is 4.39 Å². The van der Waals surface area contributed by atoms with Crippen molar-refractivity contribution in [2.75, 3.05) is 13.7 Å². The Kier molecular flexibility index (Phi) is 13.5. The molecule has 1 heterocycles. The number of halogens is 1. The molecule has 2 aromatic rings. The lowest BCUT2D eigenvalue weighted by molar-refractivity contribution is -0.140. The molecule has 1 aromatic heterocycles. The number of hydrogen-bond donors (Lipinski definition) is 3. The number of benzene rings is 1. The molecular weight excluding hydrogens is 561 g/mol. The lowest BCUT2D eigenvalue weighted by Gasteiger charge is -2.32. The summed E-state index contributed by atoms with van der Waals surface area (Å²) in [6.07, 6.45) is 2.79. The minimum Gasteiger partial charge on any atom is -0.463 e. The van der Waals surface area contributed by atoms with Crippen molar-refractivity contribution in [3.05, 3.63) is 65.3 Å². The number of aromatic nitrogens is 1. The summed E-state index contributed by atoms with van der Waals surface area (Å²) in [6.45, 7) is 7.19. The molecule has 12 nitrogen and oxygen atoms in total. The van der Waals surface area contributed by atoms with E-state index in [-0.39, 0.29) is 43.9 Å². The first-order chi connectivity index (χ1) is 20.3. The minimum absolute atomic E-state index is 0.00253. The molecule has 43 heavy (non-hydrogen) atoms. The number of likely N-dealkylation sites (N-methyl/N-ethyl adjacent to an activating group) is 1. The predicted molar refractivity (Wildman–Crippen MR) is 155 cm³/mol. The second-order valence-electron chi connectivity index (χ2n) is 10.5. The number of nitrogens with one attached hydrogen (secondary N) is 2. The van der Waals surface area contributed by atoms with Crippen LogP contribution in [0.25, 0.3) is 0 Å². The molecule has 234 valence electrons. The van der Waals surface area contributed by atoms with E-state index in [4.69, 9.17) is 15.0 Å². The number of ether oxygens (including phenoxy) is 1. The van der Waals surface area contributed by atoms with Gasteiger partial charge in [0.1, 0.15) is 23.7 Å². The van der Waals surface area contributed by atoms with Crippen LogP contribution >= 0.6 is 0 Å². The van der Waals surface area contributed by atoms with Crippen LogP contribution < -0.4 is 16.4 Å². The number of primary amides is 1. The van der Waals surface area contributed by atoms with Gasteiger partial charge in [0.05, 0.1) is 6.61 Å². The zero-order valence-electron chi connectivity index (χ0n) is 25.1. The molecule has 2 rings (SSSR count). The van der Waals surface area contributed by atoms with E-state index in [1.54, 1.807) is 13.8 Å². The van der Waals surface area contributed by atoms with E-state index in [0.29, 0.717) is 11.3 Å². The van der Waals surface area contributed by atoms with Gasteiger partial charge in [0.25, 0.3) is 5.91 Å².